The minimum Gasteiger partial charge on any atom is -0.497 e. The maximum atomic E-state index is 11.5. The van der Waals surface area contributed by atoms with E-state index in [4.69, 9.17) is 14.2 Å². The van der Waals surface area contributed by atoms with E-state index in [0.29, 0.717) is 6.61 Å². The molecule has 0 spiro atoms. The number of ether oxygens (including phenoxy) is 3. The van der Waals surface area contributed by atoms with Gasteiger partial charge in [-0.25, -0.2) is 0 Å². The van der Waals surface area contributed by atoms with Crippen LogP contribution in [0.15, 0.2) is 22.7 Å². The lowest BCUT2D eigenvalue weighted by Crippen LogP contribution is -2.26. The van der Waals surface area contributed by atoms with Crippen LogP contribution in [0.1, 0.15) is 31.2 Å². The monoisotopic (exact) mass is 356 g/mol. The summed E-state index contributed by atoms with van der Waals surface area (Å²) in [6.07, 6.45) is 3.71. The number of carbonyl (C=O) groups is 1. The number of benzene rings is 1. The van der Waals surface area contributed by atoms with Crippen molar-refractivity contribution in [3.05, 3.63) is 28.2 Å². The Hall–Kier alpha value is -1.07. The highest BCUT2D eigenvalue weighted by Crippen LogP contribution is 2.29. The molecule has 1 aliphatic rings. The third-order valence-corrected chi connectivity index (χ3v) is 4.71. The lowest BCUT2D eigenvalue weighted by atomic mass is 9.87. The largest absolute Gasteiger partial charge is 0.497 e. The zero-order valence-corrected chi connectivity index (χ0v) is 14.0. The van der Waals surface area contributed by atoms with Crippen molar-refractivity contribution in [3.8, 4) is 5.75 Å². The normalized spacial score (nSPS) is 21.9. The van der Waals surface area contributed by atoms with Crippen molar-refractivity contribution in [2.24, 2.45) is 5.92 Å². The van der Waals surface area contributed by atoms with Crippen LogP contribution in [0.4, 0.5) is 0 Å². The van der Waals surface area contributed by atoms with Gasteiger partial charge in [0, 0.05) is 4.47 Å². The van der Waals surface area contributed by atoms with Crippen LogP contribution in [0.5, 0.6) is 5.75 Å². The molecule has 0 saturated heterocycles. The first-order chi connectivity index (χ1) is 10.1. The van der Waals surface area contributed by atoms with Crippen molar-refractivity contribution in [3.63, 3.8) is 0 Å². The third-order valence-electron chi connectivity index (χ3n) is 3.94. The zero-order valence-electron chi connectivity index (χ0n) is 12.4. The molecule has 2 rings (SSSR count). The summed E-state index contributed by atoms with van der Waals surface area (Å²) in [5, 5.41) is 0. The van der Waals surface area contributed by atoms with Crippen molar-refractivity contribution >= 4 is 21.9 Å². The summed E-state index contributed by atoms with van der Waals surface area (Å²) in [5.41, 5.74) is 1.07. The van der Waals surface area contributed by atoms with E-state index in [2.05, 4.69) is 15.9 Å². The van der Waals surface area contributed by atoms with Gasteiger partial charge < -0.3 is 14.2 Å². The van der Waals surface area contributed by atoms with Crippen LogP contribution in [0.3, 0.4) is 0 Å². The van der Waals surface area contributed by atoms with Gasteiger partial charge in [0.2, 0.25) is 0 Å². The average molecular weight is 357 g/mol. The molecule has 116 valence electrons. The quantitative estimate of drug-likeness (QED) is 0.754. The van der Waals surface area contributed by atoms with Gasteiger partial charge in [-0.05, 0) is 49.4 Å². The Morgan fingerprint density at radius 3 is 2.57 bits per heavy atom. The number of hydrogen-bond acceptors (Lipinski definition) is 4. The van der Waals surface area contributed by atoms with Crippen LogP contribution in [-0.4, -0.2) is 26.3 Å². The van der Waals surface area contributed by atoms with E-state index >= 15 is 0 Å². The second-order valence-corrected chi connectivity index (χ2v) is 6.12. The van der Waals surface area contributed by atoms with Crippen molar-refractivity contribution in [1.82, 2.24) is 0 Å². The molecule has 0 aromatic heterocycles. The van der Waals surface area contributed by atoms with Gasteiger partial charge in [0.05, 0.1) is 32.8 Å². The minimum absolute atomic E-state index is 0.0402. The molecule has 0 bridgehead atoms. The summed E-state index contributed by atoms with van der Waals surface area (Å²) in [6, 6.07) is 5.85. The molecule has 1 aromatic rings. The Bertz CT molecular complexity index is 481. The lowest BCUT2D eigenvalue weighted by molar-refractivity contribution is -0.147. The molecule has 5 heteroatoms. The summed E-state index contributed by atoms with van der Waals surface area (Å²) in [5.74, 6) is 0.772. The molecule has 1 fully saturated rings. The molecule has 0 heterocycles. The molecule has 0 N–H and O–H groups in total. The molecular formula is C16H21BrO4. The Labute approximate surface area is 133 Å². The Balaban J connectivity index is 1.83. The Kier molecular flexibility index (Phi) is 6.06. The zero-order chi connectivity index (χ0) is 15.2. The lowest BCUT2D eigenvalue weighted by Gasteiger charge is -2.27. The highest BCUT2D eigenvalue weighted by Gasteiger charge is 2.27. The first-order valence-electron chi connectivity index (χ1n) is 7.16. The maximum absolute atomic E-state index is 11.5. The molecule has 0 aliphatic heterocycles. The van der Waals surface area contributed by atoms with Gasteiger partial charge in [-0.1, -0.05) is 15.9 Å². The molecule has 21 heavy (non-hydrogen) atoms. The number of esters is 1. The van der Waals surface area contributed by atoms with Crippen LogP contribution in [0.25, 0.3) is 0 Å². The van der Waals surface area contributed by atoms with E-state index in [1.165, 1.54) is 7.11 Å². The number of hydrogen-bond donors (Lipinski definition) is 0. The van der Waals surface area contributed by atoms with Gasteiger partial charge in [-0.15, -0.1) is 0 Å². The standard InChI is InChI=1S/C16H21BrO4/c1-19-14-7-8-15(17)12(9-14)10-21-13-5-3-11(4-6-13)16(18)20-2/h7-9,11,13H,3-6,10H2,1-2H3. The second-order valence-electron chi connectivity index (χ2n) is 5.27. The van der Waals surface area contributed by atoms with Crippen LogP contribution in [0.2, 0.25) is 0 Å². The molecule has 1 aliphatic carbocycles. The topological polar surface area (TPSA) is 44.8 Å². The van der Waals surface area contributed by atoms with Gasteiger partial charge in [-0.2, -0.15) is 0 Å². The number of carbonyl (C=O) groups excluding carboxylic acids is 1. The number of halogens is 1. The summed E-state index contributed by atoms with van der Waals surface area (Å²) in [6.45, 7) is 0.547. The van der Waals surface area contributed by atoms with E-state index < -0.39 is 0 Å². The van der Waals surface area contributed by atoms with E-state index in [1.54, 1.807) is 7.11 Å². The van der Waals surface area contributed by atoms with Gasteiger partial charge in [0.1, 0.15) is 5.75 Å². The van der Waals surface area contributed by atoms with Crippen molar-refractivity contribution in [2.75, 3.05) is 14.2 Å². The second kappa shape index (κ2) is 7.80. The number of rotatable bonds is 5. The minimum atomic E-state index is -0.0935. The third kappa shape index (κ3) is 4.45. The van der Waals surface area contributed by atoms with Crippen molar-refractivity contribution < 1.29 is 19.0 Å². The maximum Gasteiger partial charge on any atom is 0.308 e. The van der Waals surface area contributed by atoms with Crippen LogP contribution in [0, 0.1) is 5.92 Å². The van der Waals surface area contributed by atoms with E-state index in [1.807, 2.05) is 18.2 Å². The fraction of sp³-hybridized carbons (Fsp3) is 0.562. The molecule has 4 nitrogen and oxygen atoms in total. The first kappa shape index (κ1) is 16.3. The Morgan fingerprint density at radius 2 is 1.95 bits per heavy atom. The molecule has 1 saturated carbocycles. The fourth-order valence-electron chi connectivity index (χ4n) is 2.63. The van der Waals surface area contributed by atoms with E-state index in [0.717, 1.165) is 41.5 Å². The van der Waals surface area contributed by atoms with Gasteiger partial charge in [-0.3, -0.25) is 4.79 Å². The van der Waals surface area contributed by atoms with Crippen molar-refractivity contribution in [2.45, 2.75) is 38.4 Å². The van der Waals surface area contributed by atoms with E-state index in [9.17, 15) is 4.79 Å². The first-order valence-corrected chi connectivity index (χ1v) is 7.95. The van der Waals surface area contributed by atoms with Crippen molar-refractivity contribution in [1.29, 1.82) is 0 Å². The van der Waals surface area contributed by atoms with Gasteiger partial charge in [0.15, 0.2) is 0 Å². The van der Waals surface area contributed by atoms with Crippen LogP contribution in [-0.2, 0) is 20.9 Å². The smallest absolute Gasteiger partial charge is 0.308 e. The van der Waals surface area contributed by atoms with E-state index in [-0.39, 0.29) is 18.0 Å². The molecule has 0 unspecified atom stereocenters. The SMILES string of the molecule is COC(=O)C1CCC(OCc2cc(OC)ccc2Br)CC1. The molecule has 1 aromatic carbocycles. The summed E-state index contributed by atoms with van der Waals surface area (Å²) in [7, 11) is 3.10. The molecule has 0 amide bonds. The summed E-state index contributed by atoms with van der Waals surface area (Å²) >= 11 is 3.53. The van der Waals surface area contributed by atoms with Crippen LogP contribution < -0.4 is 4.74 Å². The van der Waals surface area contributed by atoms with Gasteiger partial charge >= 0.3 is 5.97 Å². The van der Waals surface area contributed by atoms with Crippen LogP contribution >= 0.6 is 15.9 Å². The summed E-state index contributed by atoms with van der Waals surface area (Å²) < 4.78 is 17.0. The highest BCUT2D eigenvalue weighted by atomic mass is 79.9. The number of methoxy groups -OCH3 is 2. The van der Waals surface area contributed by atoms with Gasteiger partial charge in [0.25, 0.3) is 0 Å². The predicted octanol–water partition coefficient (Wildman–Crippen LogP) is 3.71. The summed E-state index contributed by atoms with van der Waals surface area (Å²) in [4.78, 5) is 11.5. The molecule has 0 atom stereocenters. The highest BCUT2D eigenvalue weighted by molar-refractivity contribution is 9.10. The average Bonchev–Trinajstić information content (AvgIpc) is 2.54. The molecular weight excluding hydrogens is 336 g/mol. The Morgan fingerprint density at radius 1 is 1.24 bits per heavy atom. The molecule has 0 radical (unpaired) electrons. The fourth-order valence-corrected chi connectivity index (χ4v) is 2.99. The predicted molar refractivity (Wildman–Crippen MR) is 83.2 cm³/mol.